The third-order valence-electron chi connectivity index (χ3n) is 2.52. The highest BCUT2D eigenvalue weighted by atomic mass is 16.2. The van der Waals surface area contributed by atoms with E-state index in [1.807, 2.05) is 24.3 Å². The Balaban J connectivity index is 1.85. The summed E-state index contributed by atoms with van der Waals surface area (Å²) >= 11 is 0. The van der Waals surface area contributed by atoms with Gasteiger partial charge in [-0.1, -0.05) is 12.1 Å². The average molecular weight is 219 g/mol. The fourth-order valence-corrected chi connectivity index (χ4v) is 1.66. The number of anilines is 1. The Hall–Kier alpha value is -1.55. The van der Waals surface area contributed by atoms with Gasteiger partial charge >= 0.3 is 0 Å². The first-order chi connectivity index (χ1) is 7.90. The topological polar surface area (TPSA) is 60.9 Å². The number of nitrogens with zero attached hydrogens (tertiary/aromatic N) is 1. The molecule has 86 valence electrons. The van der Waals surface area contributed by atoms with Crippen molar-refractivity contribution in [2.75, 3.05) is 18.5 Å². The molecule has 1 aromatic heterocycles. The summed E-state index contributed by atoms with van der Waals surface area (Å²) in [4.78, 5) is 7.63. The van der Waals surface area contributed by atoms with Crippen molar-refractivity contribution in [2.24, 2.45) is 0 Å². The molecular weight excluding hydrogens is 202 g/mol. The number of unbranched alkanes of at least 4 members (excludes halogenated alkanes) is 2. The van der Waals surface area contributed by atoms with E-state index in [2.05, 4.69) is 15.3 Å². The zero-order chi connectivity index (χ0) is 11.2. The molecule has 0 bridgehead atoms. The molecule has 16 heavy (non-hydrogen) atoms. The van der Waals surface area contributed by atoms with Crippen LogP contribution in [-0.2, 0) is 0 Å². The molecular formula is C12H17N3O. The summed E-state index contributed by atoms with van der Waals surface area (Å²) in [6, 6.07) is 7.97. The third kappa shape index (κ3) is 2.73. The lowest BCUT2D eigenvalue weighted by atomic mass is 10.2. The number of fused-ring (bicyclic) bond motifs is 1. The summed E-state index contributed by atoms with van der Waals surface area (Å²) in [5.74, 6) is 0.824. The second-order valence-electron chi connectivity index (χ2n) is 3.81. The van der Waals surface area contributed by atoms with Crippen LogP contribution in [0.5, 0.6) is 0 Å². The molecule has 0 spiro atoms. The smallest absolute Gasteiger partial charge is 0.201 e. The number of imidazole rings is 1. The predicted octanol–water partition coefficient (Wildman–Crippen LogP) is 2.14. The summed E-state index contributed by atoms with van der Waals surface area (Å²) in [5.41, 5.74) is 2.04. The molecule has 0 aliphatic carbocycles. The Bertz CT molecular complexity index is 406. The molecule has 3 N–H and O–H groups in total. The minimum Gasteiger partial charge on any atom is -0.396 e. The molecule has 1 aromatic carbocycles. The van der Waals surface area contributed by atoms with Crippen molar-refractivity contribution in [3.8, 4) is 0 Å². The van der Waals surface area contributed by atoms with Gasteiger partial charge in [0.15, 0.2) is 0 Å². The summed E-state index contributed by atoms with van der Waals surface area (Å²) in [6.07, 6.45) is 2.98. The summed E-state index contributed by atoms with van der Waals surface area (Å²) < 4.78 is 0. The first-order valence-electron chi connectivity index (χ1n) is 5.69. The highest BCUT2D eigenvalue weighted by Gasteiger charge is 1.99. The number of H-pyrrole nitrogens is 1. The van der Waals surface area contributed by atoms with Crippen LogP contribution in [0.3, 0.4) is 0 Å². The first kappa shape index (κ1) is 11.0. The molecule has 0 unspecified atom stereocenters. The van der Waals surface area contributed by atoms with Gasteiger partial charge in [0.05, 0.1) is 11.0 Å². The lowest BCUT2D eigenvalue weighted by Gasteiger charge is -2.01. The van der Waals surface area contributed by atoms with Crippen LogP contribution >= 0.6 is 0 Å². The Kier molecular flexibility index (Phi) is 3.77. The number of aliphatic hydroxyl groups excluding tert-OH is 1. The van der Waals surface area contributed by atoms with Crippen molar-refractivity contribution in [1.82, 2.24) is 9.97 Å². The van der Waals surface area contributed by atoms with Crippen LogP contribution in [0.25, 0.3) is 11.0 Å². The predicted molar refractivity (Wildman–Crippen MR) is 65.5 cm³/mol. The van der Waals surface area contributed by atoms with E-state index >= 15 is 0 Å². The minimum absolute atomic E-state index is 0.282. The van der Waals surface area contributed by atoms with Crippen LogP contribution in [0.1, 0.15) is 19.3 Å². The van der Waals surface area contributed by atoms with Crippen molar-refractivity contribution in [1.29, 1.82) is 0 Å². The lowest BCUT2D eigenvalue weighted by Crippen LogP contribution is -2.03. The van der Waals surface area contributed by atoms with Gasteiger partial charge in [-0.3, -0.25) is 0 Å². The van der Waals surface area contributed by atoms with Gasteiger partial charge in [0.1, 0.15) is 0 Å². The molecule has 0 radical (unpaired) electrons. The fourth-order valence-electron chi connectivity index (χ4n) is 1.66. The van der Waals surface area contributed by atoms with Crippen LogP contribution in [0.4, 0.5) is 5.95 Å². The van der Waals surface area contributed by atoms with E-state index in [1.54, 1.807) is 0 Å². The molecule has 0 saturated carbocycles. The standard InChI is InChI=1S/C12H17N3O/c16-9-5-1-4-8-13-12-14-10-6-2-3-7-11(10)15-12/h2-3,6-7,16H,1,4-5,8-9H2,(H2,13,14,15). The second kappa shape index (κ2) is 5.51. The average Bonchev–Trinajstić information content (AvgIpc) is 2.71. The van der Waals surface area contributed by atoms with Crippen molar-refractivity contribution < 1.29 is 5.11 Å². The number of rotatable bonds is 6. The van der Waals surface area contributed by atoms with E-state index in [0.29, 0.717) is 0 Å². The highest BCUT2D eigenvalue weighted by molar-refractivity contribution is 5.77. The SMILES string of the molecule is OCCCCCNc1nc2ccccc2[nH]1. The van der Waals surface area contributed by atoms with E-state index in [0.717, 1.165) is 42.8 Å². The van der Waals surface area contributed by atoms with Crippen molar-refractivity contribution in [3.63, 3.8) is 0 Å². The van der Waals surface area contributed by atoms with Gasteiger partial charge in [0.2, 0.25) is 5.95 Å². The lowest BCUT2D eigenvalue weighted by molar-refractivity contribution is 0.283. The summed E-state index contributed by atoms with van der Waals surface area (Å²) in [6.45, 7) is 1.17. The van der Waals surface area contributed by atoms with Crippen LogP contribution in [0.15, 0.2) is 24.3 Å². The largest absolute Gasteiger partial charge is 0.396 e. The van der Waals surface area contributed by atoms with Crippen LogP contribution in [-0.4, -0.2) is 28.2 Å². The Morgan fingerprint density at radius 1 is 1.19 bits per heavy atom. The van der Waals surface area contributed by atoms with Gasteiger partial charge in [-0.05, 0) is 31.4 Å². The van der Waals surface area contributed by atoms with Crippen LogP contribution in [0.2, 0.25) is 0 Å². The van der Waals surface area contributed by atoms with E-state index in [-0.39, 0.29) is 6.61 Å². The molecule has 0 saturated heterocycles. The molecule has 0 aliphatic heterocycles. The zero-order valence-corrected chi connectivity index (χ0v) is 9.24. The maximum atomic E-state index is 8.64. The molecule has 0 amide bonds. The van der Waals surface area contributed by atoms with Crippen molar-refractivity contribution >= 4 is 17.0 Å². The minimum atomic E-state index is 0.282. The summed E-state index contributed by atoms with van der Waals surface area (Å²) in [5, 5.41) is 11.9. The third-order valence-corrected chi connectivity index (χ3v) is 2.52. The number of para-hydroxylation sites is 2. The molecule has 0 fully saturated rings. The molecule has 4 nitrogen and oxygen atoms in total. The maximum absolute atomic E-state index is 8.64. The number of hydrogen-bond acceptors (Lipinski definition) is 3. The molecule has 1 heterocycles. The monoisotopic (exact) mass is 219 g/mol. The quantitative estimate of drug-likeness (QED) is 0.652. The number of nitrogens with one attached hydrogen (secondary N) is 2. The van der Waals surface area contributed by atoms with Crippen molar-refractivity contribution in [2.45, 2.75) is 19.3 Å². The van der Waals surface area contributed by atoms with Gasteiger partial charge in [-0.2, -0.15) is 0 Å². The van der Waals surface area contributed by atoms with E-state index in [1.165, 1.54) is 0 Å². The van der Waals surface area contributed by atoms with Gasteiger partial charge in [0.25, 0.3) is 0 Å². The molecule has 0 atom stereocenters. The van der Waals surface area contributed by atoms with Crippen LogP contribution < -0.4 is 5.32 Å². The van der Waals surface area contributed by atoms with Gasteiger partial charge in [-0.25, -0.2) is 4.98 Å². The molecule has 2 rings (SSSR count). The second-order valence-corrected chi connectivity index (χ2v) is 3.81. The van der Waals surface area contributed by atoms with Crippen molar-refractivity contribution in [3.05, 3.63) is 24.3 Å². The van der Waals surface area contributed by atoms with E-state index < -0.39 is 0 Å². The normalized spacial score (nSPS) is 10.8. The molecule has 2 aromatic rings. The number of aromatic amines is 1. The van der Waals surface area contributed by atoms with Gasteiger partial charge in [0, 0.05) is 13.2 Å². The maximum Gasteiger partial charge on any atom is 0.201 e. The van der Waals surface area contributed by atoms with Crippen LogP contribution in [0, 0.1) is 0 Å². The Labute approximate surface area is 94.7 Å². The number of aliphatic hydroxyl groups is 1. The molecule has 0 aliphatic rings. The first-order valence-corrected chi connectivity index (χ1v) is 5.69. The number of benzene rings is 1. The fraction of sp³-hybridized carbons (Fsp3) is 0.417. The Morgan fingerprint density at radius 3 is 2.88 bits per heavy atom. The van der Waals surface area contributed by atoms with E-state index in [9.17, 15) is 0 Å². The Morgan fingerprint density at radius 2 is 2.06 bits per heavy atom. The number of hydrogen-bond donors (Lipinski definition) is 3. The zero-order valence-electron chi connectivity index (χ0n) is 9.24. The highest BCUT2D eigenvalue weighted by Crippen LogP contribution is 2.13. The molecule has 4 heteroatoms. The summed E-state index contributed by atoms with van der Waals surface area (Å²) in [7, 11) is 0. The van der Waals surface area contributed by atoms with E-state index in [4.69, 9.17) is 5.11 Å². The van der Waals surface area contributed by atoms with Gasteiger partial charge in [-0.15, -0.1) is 0 Å². The number of aromatic nitrogens is 2. The van der Waals surface area contributed by atoms with Gasteiger partial charge < -0.3 is 15.4 Å².